The monoisotopic (exact) mass is 255 g/mol. The summed E-state index contributed by atoms with van der Waals surface area (Å²) < 4.78 is 13.3. The Morgan fingerprint density at radius 3 is 2.71 bits per heavy atom. The first kappa shape index (κ1) is 12.7. The molecule has 17 heavy (non-hydrogen) atoms. The normalized spacial score (nSPS) is 29.1. The minimum atomic E-state index is -0.353. The van der Waals surface area contributed by atoms with Crippen LogP contribution in [-0.2, 0) is 0 Å². The van der Waals surface area contributed by atoms with Gasteiger partial charge in [-0.25, -0.2) is 4.39 Å². The maximum absolute atomic E-state index is 13.3. The van der Waals surface area contributed by atoms with Gasteiger partial charge in [0.1, 0.15) is 5.82 Å². The van der Waals surface area contributed by atoms with Crippen LogP contribution in [0.1, 0.15) is 33.1 Å². The van der Waals surface area contributed by atoms with Crippen molar-refractivity contribution in [1.82, 2.24) is 0 Å². The highest BCUT2D eigenvalue weighted by molar-refractivity contribution is 6.30. The zero-order valence-corrected chi connectivity index (χ0v) is 11.1. The van der Waals surface area contributed by atoms with Crippen molar-refractivity contribution in [1.29, 1.82) is 0 Å². The maximum atomic E-state index is 13.3. The maximum Gasteiger partial charge on any atom is 0.143 e. The van der Waals surface area contributed by atoms with Crippen molar-refractivity contribution >= 4 is 17.3 Å². The van der Waals surface area contributed by atoms with Crippen molar-refractivity contribution in [3.05, 3.63) is 29.0 Å². The Balaban J connectivity index is 2.02. The molecule has 0 amide bonds. The number of hydrogen-bond acceptors (Lipinski definition) is 1. The Morgan fingerprint density at radius 2 is 2.06 bits per heavy atom. The molecule has 0 aromatic heterocycles. The van der Waals surface area contributed by atoms with E-state index in [1.165, 1.54) is 18.9 Å². The standard InChI is InChI=1S/C14H19ClFN/c1-9-3-6-14(10(2)7-9)17-11-4-5-12(15)13(16)8-11/h4-5,8-10,14,17H,3,6-7H2,1-2H3. The highest BCUT2D eigenvalue weighted by atomic mass is 35.5. The Morgan fingerprint density at radius 1 is 1.29 bits per heavy atom. The summed E-state index contributed by atoms with van der Waals surface area (Å²) in [7, 11) is 0. The lowest BCUT2D eigenvalue weighted by molar-refractivity contribution is 0.276. The fourth-order valence-electron chi connectivity index (χ4n) is 2.68. The van der Waals surface area contributed by atoms with Gasteiger partial charge in [-0.1, -0.05) is 25.4 Å². The minimum absolute atomic E-state index is 0.181. The van der Waals surface area contributed by atoms with Gasteiger partial charge in [-0.05, 0) is 49.3 Å². The van der Waals surface area contributed by atoms with E-state index in [1.807, 2.05) is 6.07 Å². The summed E-state index contributed by atoms with van der Waals surface area (Å²) in [5, 5.41) is 3.60. The van der Waals surface area contributed by atoms with Crippen LogP contribution in [0.2, 0.25) is 5.02 Å². The third-order valence-electron chi connectivity index (χ3n) is 3.70. The fraction of sp³-hybridized carbons (Fsp3) is 0.571. The van der Waals surface area contributed by atoms with Gasteiger partial charge in [0.05, 0.1) is 5.02 Å². The molecule has 0 aliphatic heterocycles. The minimum Gasteiger partial charge on any atom is -0.382 e. The molecule has 0 radical (unpaired) electrons. The molecular weight excluding hydrogens is 237 g/mol. The van der Waals surface area contributed by atoms with E-state index in [9.17, 15) is 4.39 Å². The lowest BCUT2D eigenvalue weighted by atomic mass is 9.80. The molecule has 1 aliphatic carbocycles. The molecule has 94 valence electrons. The molecule has 3 heteroatoms. The van der Waals surface area contributed by atoms with E-state index in [2.05, 4.69) is 19.2 Å². The third kappa shape index (κ3) is 3.12. The highest BCUT2D eigenvalue weighted by Crippen LogP contribution is 2.31. The first-order chi connectivity index (χ1) is 8.06. The van der Waals surface area contributed by atoms with Gasteiger partial charge in [0.25, 0.3) is 0 Å². The number of nitrogens with one attached hydrogen (secondary N) is 1. The lowest BCUT2D eigenvalue weighted by Crippen LogP contribution is -2.32. The second-order valence-electron chi connectivity index (χ2n) is 5.28. The molecule has 1 aromatic carbocycles. The average Bonchev–Trinajstić information content (AvgIpc) is 2.27. The average molecular weight is 256 g/mol. The summed E-state index contributed by atoms with van der Waals surface area (Å²) in [6.07, 6.45) is 3.65. The van der Waals surface area contributed by atoms with Gasteiger partial charge in [0.15, 0.2) is 0 Å². The summed E-state index contributed by atoms with van der Waals surface area (Å²) in [5.41, 5.74) is 0.832. The van der Waals surface area contributed by atoms with Gasteiger partial charge in [-0.15, -0.1) is 0 Å². The van der Waals surface area contributed by atoms with Crippen LogP contribution in [0, 0.1) is 17.7 Å². The Labute approximate surface area is 107 Å². The van der Waals surface area contributed by atoms with Crippen LogP contribution in [-0.4, -0.2) is 6.04 Å². The zero-order chi connectivity index (χ0) is 12.4. The fourth-order valence-corrected chi connectivity index (χ4v) is 2.80. The predicted octanol–water partition coefficient (Wildman–Crippen LogP) is 4.72. The van der Waals surface area contributed by atoms with Crippen molar-refractivity contribution in [2.75, 3.05) is 5.32 Å². The Bertz CT molecular complexity index is 394. The van der Waals surface area contributed by atoms with Crippen LogP contribution < -0.4 is 5.32 Å². The zero-order valence-electron chi connectivity index (χ0n) is 10.3. The Kier molecular flexibility index (Phi) is 3.93. The van der Waals surface area contributed by atoms with E-state index < -0.39 is 0 Å². The molecule has 2 rings (SSSR count). The van der Waals surface area contributed by atoms with Crippen LogP contribution in [0.5, 0.6) is 0 Å². The molecule has 0 bridgehead atoms. The van der Waals surface area contributed by atoms with E-state index in [1.54, 1.807) is 6.07 Å². The largest absolute Gasteiger partial charge is 0.382 e. The van der Waals surface area contributed by atoms with E-state index >= 15 is 0 Å². The summed E-state index contributed by atoms with van der Waals surface area (Å²) in [6, 6.07) is 5.38. The molecule has 3 atom stereocenters. The van der Waals surface area contributed by atoms with Gasteiger partial charge in [0, 0.05) is 11.7 Å². The van der Waals surface area contributed by atoms with E-state index in [4.69, 9.17) is 11.6 Å². The van der Waals surface area contributed by atoms with Crippen molar-refractivity contribution in [3.8, 4) is 0 Å². The van der Waals surface area contributed by atoms with E-state index in [0.717, 1.165) is 18.0 Å². The van der Waals surface area contributed by atoms with Gasteiger partial charge < -0.3 is 5.32 Å². The van der Waals surface area contributed by atoms with Gasteiger partial charge in [-0.3, -0.25) is 0 Å². The van der Waals surface area contributed by atoms with Crippen molar-refractivity contribution in [2.24, 2.45) is 11.8 Å². The van der Waals surface area contributed by atoms with E-state index in [0.29, 0.717) is 12.0 Å². The van der Waals surface area contributed by atoms with Gasteiger partial charge >= 0.3 is 0 Å². The van der Waals surface area contributed by atoms with Crippen LogP contribution in [0.3, 0.4) is 0 Å². The van der Waals surface area contributed by atoms with Gasteiger partial charge in [-0.2, -0.15) is 0 Å². The molecule has 3 unspecified atom stereocenters. The molecule has 1 fully saturated rings. The summed E-state index contributed by atoms with van der Waals surface area (Å²) in [4.78, 5) is 0. The quantitative estimate of drug-likeness (QED) is 0.807. The molecule has 1 saturated carbocycles. The molecule has 1 aliphatic rings. The molecule has 1 aromatic rings. The van der Waals surface area contributed by atoms with E-state index in [-0.39, 0.29) is 10.8 Å². The second kappa shape index (κ2) is 5.26. The van der Waals surface area contributed by atoms with Gasteiger partial charge in [0.2, 0.25) is 0 Å². The summed E-state index contributed by atoms with van der Waals surface area (Å²) >= 11 is 5.67. The number of hydrogen-bond donors (Lipinski definition) is 1. The van der Waals surface area contributed by atoms with Crippen molar-refractivity contribution < 1.29 is 4.39 Å². The van der Waals surface area contributed by atoms with Crippen LogP contribution in [0.15, 0.2) is 18.2 Å². The summed E-state index contributed by atoms with van der Waals surface area (Å²) in [5.74, 6) is 1.09. The second-order valence-corrected chi connectivity index (χ2v) is 5.68. The molecule has 0 spiro atoms. The predicted molar refractivity (Wildman–Crippen MR) is 71.0 cm³/mol. The molecule has 0 heterocycles. The number of rotatable bonds is 2. The van der Waals surface area contributed by atoms with Crippen LogP contribution in [0.25, 0.3) is 0 Å². The topological polar surface area (TPSA) is 12.0 Å². The molecule has 1 N–H and O–H groups in total. The number of halogens is 2. The summed E-state index contributed by atoms with van der Waals surface area (Å²) in [6.45, 7) is 4.56. The molecule has 0 saturated heterocycles. The van der Waals surface area contributed by atoms with Crippen LogP contribution in [0.4, 0.5) is 10.1 Å². The SMILES string of the molecule is CC1CCC(Nc2ccc(Cl)c(F)c2)C(C)C1. The highest BCUT2D eigenvalue weighted by Gasteiger charge is 2.25. The third-order valence-corrected chi connectivity index (χ3v) is 4.01. The lowest BCUT2D eigenvalue weighted by Gasteiger charge is -2.33. The smallest absolute Gasteiger partial charge is 0.143 e. The first-order valence-electron chi connectivity index (χ1n) is 6.28. The van der Waals surface area contributed by atoms with Crippen LogP contribution >= 0.6 is 11.6 Å². The van der Waals surface area contributed by atoms with Crippen molar-refractivity contribution in [3.63, 3.8) is 0 Å². The number of benzene rings is 1. The first-order valence-corrected chi connectivity index (χ1v) is 6.65. The van der Waals surface area contributed by atoms with Crippen molar-refractivity contribution in [2.45, 2.75) is 39.2 Å². The molecule has 1 nitrogen and oxygen atoms in total. The Hall–Kier alpha value is -0.760. The number of anilines is 1. The molecular formula is C14H19ClFN.